The normalized spacial score (nSPS) is 17.6. The Morgan fingerprint density at radius 1 is 1.19 bits per heavy atom. The number of aliphatic carboxylic acids is 1. The zero-order valence-electron chi connectivity index (χ0n) is 13.4. The van der Waals surface area contributed by atoms with Crippen LogP contribution in [0, 0.1) is 11.3 Å². The fraction of sp³-hybridized carbons (Fsp3) is 0.875. The molecule has 1 saturated carbocycles. The smallest absolute Gasteiger partial charge is 0.314 e. The molecule has 122 valence electrons. The van der Waals surface area contributed by atoms with E-state index in [1.54, 1.807) is 0 Å². The Balaban J connectivity index is 2.13. The standard InChI is InChI=1S/C16H30N2O3/c1-3-5-13(6-7-14(19)20)8-11-17-15(21)18-12-16(2)9-4-10-16/h13H,3-12H2,1-2H3,(H,19,20)(H2,17,18,21). The number of rotatable bonds is 10. The van der Waals surface area contributed by atoms with Gasteiger partial charge in [0.15, 0.2) is 0 Å². The number of carboxylic acid groups (broad SMARTS) is 1. The molecule has 3 N–H and O–H groups in total. The summed E-state index contributed by atoms with van der Waals surface area (Å²) >= 11 is 0. The van der Waals surface area contributed by atoms with Crippen LogP contribution in [0.4, 0.5) is 4.79 Å². The average Bonchev–Trinajstić information content (AvgIpc) is 2.40. The van der Waals surface area contributed by atoms with Crippen molar-refractivity contribution in [1.29, 1.82) is 0 Å². The molecule has 21 heavy (non-hydrogen) atoms. The molecule has 0 heterocycles. The SMILES string of the molecule is CCCC(CCNC(=O)NCC1(C)CCC1)CCC(=O)O. The maximum atomic E-state index is 11.7. The van der Waals surface area contributed by atoms with Crippen molar-refractivity contribution in [2.45, 2.75) is 65.2 Å². The Kier molecular flexibility index (Phi) is 7.54. The van der Waals surface area contributed by atoms with Gasteiger partial charge >= 0.3 is 12.0 Å². The van der Waals surface area contributed by atoms with E-state index in [4.69, 9.17) is 5.11 Å². The summed E-state index contributed by atoms with van der Waals surface area (Å²) in [5, 5.41) is 14.6. The van der Waals surface area contributed by atoms with Gasteiger partial charge in [0.05, 0.1) is 0 Å². The topological polar surface area (TPSA) is 78.4 Å². The molecule has 1 aliphatic carbocycles. The van der Waals surface area contributed by atoms with Crippen LogP contribution in [0.5, 0.6) is 0 Å². The van der Waals surface area contributed by atoms with E-state index in [-0.39, 0.29) is 12.5 Å². The summed E-state index contributed by atoms with van der Waals surface area (Å²) in [6.07, 6.45) is 7.50. The fourth-order valence-corrected chi connectivity index (χ4v) is 2.87. The lowest BCUT2D eigenvalue weighted by atomic mass is 9.70. The molecular formula is C16H30N2O3. The number of urea groups is 1. The second-order valence-corrected chi connectivity index (χ2v) is 6.65. The van der Waals surface area contributed by atoms with Gasteiger partial charge in [-0.05, 0) is 37.0 Å². The van der Waals surface area contributed by atoms with Gasteiger partial charge in [-0.25, -0.2) is 4.79 Å². The van der Waals surface area contributed by atoms with Crippen molar-refractivity contribution in [1.82, 2.24) is 10.6 Å². The molecule has 1 atom stereocenters. The number of nitrogens with one attached hydrogen (secondary N) is 2. The molecule has 0 aromatic heterocycles. The first-order chi connectivity index (χ1) is 9.95. The van der Waals surface area contributed by atoms with Crippen molar-refractivity contribution in [3.8, 4) is 0 Å². The number of carboxylic acids is 1. The first-order valence-corrected chi connectivity index (χ1v) is 8.19. The Bertz CT molecular complexity index is 340. The summed E-state index contributed by atoms with van der Waals surface area (Å²) < 4.78 is 0. The van der Waals surface area contributed by atoms with Gasteiger partial charge in [0.25, 0.3) is 0 Å². The molecule has 0 aromatic carbocycles. The molecule has 0 saturated heterocycles. The van der Waals surface area contributed by atoms with E-state index in [9.17, 15) is 9.59 Å². The highest BCUT2D eigenvalue weighted by atomic mass is 16.4. The maximum absolute atomic E-state index is 11.7. The molecule has 0 spiro atoms. The first kappa shape index (κ1) is 17.8. The molecule has 1 fully saturated rings. The predicted octanol–water partition coefficient (Wildman–Crippen LogP) is 3.15. The molecular weight excluding hydrogens is 268 g/mol. The van der Waals surface area contributed by atoms with Crippen LogP contribution in [0.1, 0.15) is 65.2 Å². The van der Waals surface area contributed by atoms with Crippen LogP contribution in [-0.2, 0) is 4.79 Å². The van der Waals surface area contributed by atoms with Gasteiger partial charge in [0, 0.05) is 19.5 Å². The van der Waals surface area contributed by atoms with Crippen molar-refractivity contribution in [2.75, 3.05) is 13.1 Å². The van der Waals surface area contributed by atoms with E-state index in [2.05, 4.69) is 24.5 Å². The van der Waals surface area contributed by atoms with Gasteiger partial charge in [0.2, 0.25) is 0 Å². The van der Waals surface area contributed by atoms with Crippen molar-refractivity contribution in [3.05, 3.63) is 0 Å². The van der Waals surface area contributed by atoms with Gasteiger partial charge in [-0.15, -0.1) is 0 Å². The van der Waals surface area contributed by atoms with Crippen LogP contribution in [0.25, 0.3) is 0 Å². The van der Waals surface area contributed by atoms with Crippen LogP contribution in [-0.4, -0.2) is 30.2 Å². The molecule has 5 nitrogen and oxygen atoms in total. The minimum Gasteiger partial charge on any atom is -0.481 e. The second-order valence-electron chi connectivity index (χ2n) is 6.65. The maximum Gasteiger partial charge on any atom is 0.314 e. The molecule has 0 bridgehead atoms. The van der Waals surface area contributed by atoms with E-state index < -0.39 is 5.97 Å². The number of hydrogen-bond donors (Lipinski definition) is 3. The summed E-state index contributed by atoms with van der Waals surface area (Å²) in [5.41, 5.74) is 0.295. The third-order valence-corrected chi connectivity index (χ3v) is 4.54. The largest absolute Gasteiger partial charge is 0.481 e. The van der Waals surface area contributed by atoms with Crippen LogP contribution in [0.15, 0.2) is 0 Å². The van der Waals surface area contributed by atoms with E-state index in [1.165, 1.54) is 19.3 Å². The Labute approximate surface area is 127 Å². The fourth-order valence-electron chi connectivity index (χ4n) is 2.87. The van der Waals surface area contributed by atoms with Crippen LogP contribution in [0.2, 0.25) is 0 Å². The van der Waals surface area contributed by atoms with Gasteiger partial charge in [-0.2, -0.15) is 0 Å². The third kappa shape index (κ3) is 7.34. The lowest BCUT2D eigenvalue weighted by Gasteiger charge is -2.38. The summed E-state index contributed by atoms with van der Waals surface area (Å²) in [4.78, 5) is 22.3. The summed E-state index contributed by atoms with van der Waals surface area (Å²) in [6.45, 7) is 5.68. The number of hydrogen-bond acceptors (Lipinski definition) is 2. The molecule has 0 aliphatic heterocycles. The van der Waals surface area contributed by atoms with Gasteiger partial charge < -0.3 is 15.7 Å². The van der Waals surface area contributed by atoms with Crippen molar-refractivity contribution in [3.63, 3.8) is 0 Å². The Morgan fingerprint density at radius 2 is 1.90 bits per heavy atom. The Morgan fingerprint density at radius 3 is 2.43 bits per heavy atom. The zero-order chi connectivity index (χ0) is 15.7. The minimum atomic E-state index is -0.740. The first-order valence-electron chi connectivity index (χ1n) is 8.19. The van der Waals surface area contributed by atoms with Crippen molar-refractivity contribution < 1.29 is 14.7 Å². The van der Waals surface area contributed by atoms with E-state index >= 15 is 0 Å². The minimum absolute atomic E-state index is 0.100. The second kappa shape index (κ2) is 8.90. The number of amides is 2. The van der Waals surface area contributed by atoms with Crippen LogP contribution in [0.3, 0.4) is 0 Å². The molecule has 0 radical (unpaired) electrons. The lowest BCUT2D eigenvalue weighted by Crippen LogP contribution is -2.44. The van der Waals surface area contributed by atoms with E-state index in [1.807, 2.05) is 0 Å². The average molecular weight is 298 g/mol. The summed E-state index contributed by atoms with van der Waals surface area (Å²) in [7, 11) is 0. The Hall–Kier alpha value is -1.26. The highest BCUT2D eigenvalue weighted by Gasteiger charge is 2.31. The van der Waals surface area contributed by atoms with Crippen molar-refractivity contribution in [2.24, 2.45) is 11.3 Å². The monoisotopic (exact) mass is 298 g/mol. The molecule has 2 amide bonds. The van der Waals surface area contributed by atoms with Crippen molar-refractivity contribution >= 4 is 12.0 Å². The summed E-state index contributed by atoms with van der Waals surface area (Å²) in [6, 6.07) is -0.100. The zero-order valence-corrected chi connectivity index (χ0v) is 13.4. The van der Waals surface area contributed by atoms with E-state index in [0.717, 1.165) is 25.8 Å². The molecule has 1 rings (SSSR count). The van der Waals surface area contributed by atoms with E-state index in [0.29, 0.717) is 24.3 Å². The molecule has 0 aromatic rings. The van der Waals surface area contributed by atoms with Crippen LogP contribution < -0.4 is 10.6 Å². The lowest BCUT2D eigenvalue weighted by molar-refractivity contribution is -0.137. The molecule has 5 heteroatoms. The van der Waals surface area contributed by atoms with Crippen LogP contribution >= 0.6 is 0 Å². The number of carbonyl (C=O) groups is 2. The third-order valence-electron chi connectivity index (χ3n) is 4.54. The van der Waals surface area contributed by atoms with Gasteiger partial charge in [0.1, 0.15) is 0 Å². The summed E-state index contributed by atoms with van der Waals surface area (Å²) in [5.74, 6) is -0.355. The molecule has 1 aliphatic rings. The highest BCUT2D eigenvalue weighted by molar-refractivity contribution is 5.73. The number of carbonyl (C=O) groups excluding carboxylic acids is 1. The molecule has 1 unspecified atom stereocenters. The highest BCUT2D eigenvalue weighted by Crippen LogP contribution is 2.39. The van der Waals surface area contributed by atoms with Gasteiger partial charge in [-0.3, -0.25) is 4.79 Å². The van der Waals surface area contributed by atoms with Gasteiger partial charge in [-0.1, -0.05) is 33.1 Å². The quantitative estimate of drug-likeness (QED) is 0.579. The predicted molar refractivity (Wildman–Crippen MR) is 83.2 cm³/mol.